The predicted octanol–water partition coefficient (Wildman–Crippen LogP) is 7.25. The molecule has 2 amide bonds. The van der Waals surface area contributed by atoms with E-state index < -0.39 is 56.5 Å². The van der Waals surface area contributed by atoms with Crippen LogP contribution in [0.4, 0.5) is 50.9 Å². The first kappa shape index (κ1) is 29.5. The summed E-state index contributed by atoms with van der Waals surface area (Å²) in [4.78, 5) is 24.1. The average Bonchev–Trinajstić information content (AvgIpc) is 2.72. The molecule has 0 aliphatic rings. The maximum atomic E-state index is 14.8. The van der Waals surface area contributed by atoms with Crippen molar-refractivity contribution in [3.05, 3.63) is 51.0 Å². The molecule has 0 aliphatic carbocycles. The molecule has 1 unspecified atom stereocenters. The second-order valence-electron chi connectivity index (χ2n) is 7.06. The molecule has 36 heavy (non-hydrogen) atoms. The minimum absolute atomic E-state index is 0.0143. The first-order valence-electron chi connectivity index (χ1n) is 9.25. The molecule has 2 N–H and O–H groups in total. The molecule has 0 spiro atoms. The number of ether oxygens (including phenoxy) is 1. The summed E-state index contributed by atoms with van der Waals surface area (Å²) in [6.07, 6.45) is -13.6. The Morgan fingerprint density at radius 3 is 1.97 bits per heavy atom. The van der Waals surface area contributed by atoms with Gasteiger partial charge in [-0.05, 0) is 40.2 Å². The van der Waals surface area contributed by atoms with Crippen molar-refractivity contribution in [1.82, 2.24) is 0 Å². The first-order chi connectivity index (χ1) is 16.3. The number of benzene rings is 2. The monoisotopic (exact) mass is 614 g/mol. The van der Waals surface area contributed by atoms with Gasteiger partial charge in [-0.1, -0.05) is 17.7 Å². The SMILES string of the molecule is COc1c(NC(C)=O)cccc1C(=O)Nc1c(Cl)cc(C(F)(C(F)(F)F)C(F)(F)C(F)(F)F)cc1Br. The van der Waals surface area contributed by atoms with E-state index in [1.807, 2.05) is 0 Å². The summed E-state index contributed by atoms with van der Waals surface area (Å²) in [6, 6.07) is 3.77. The van der Waals surface area contributed by atoms with Crippen molar-refractivity contribution in [1.29, 1.82) is 0 Å². The van der Waals surface area contributed by atoms with Crippen molar-refractivity contribution in [2.75, 3.05) is 17.7 Å². The lowest BCUT2D eigenvalue weighted by molar-refractivity contribution is -0.389. The number of carbonyl (C=O) groups is 2. The molecular weight excluding hydrogens is 603 g/mol. The Hall–Kier alpha value is -2.68. The second-order valence-corrected chi connectivity index (χ2v) is 8.33. The van der Waals surface area contributed by atoms with E-state index >= 15 is 0 Å². The Bertz CT molecular complexity index is 1160. The molecule has 0 saturated heterocycles. The van der Waals surface area contributed by atoms with Crippen molar-refractivity contribution in [3.63, 3.8) is 0 Å². The van der Waals surface area contributed by atoms with E-state index in [0.29, 0.717) is 0 Å². The summed E-state index contributed by atoms with van der Waals surface area (Å²) in [6.45, 7) is 1.17. The molecule has 2 aromatic rings. The number of para-hydroxylation sites is 1. The smallest absolute Gasteiger partial charge is 0.457 e. The van der Waals surface area contributed by atoms with Gasteiger partial charge in [0.2, 0.25) is 5.91 Å². The van der Waals surface area contributed by atoms with Gasteiger partial charge in [0.15, 0.2) is 5.75 Å². The van der Waals surface area contributed by atoms with Crippen molar-refractivity contribution in [2.45, 2.75) is 30.9 Å². The molecule has 2 aromatic carbocycles. The lowest BCUT2D eigenvalue weighted by Gasteiger charge is -2.36. The van der Waals surface area contributed by atoms with Crippen molar-refractivity contribution >= 4 is 50.7 Å². The minimum Gasteiger partial charge on any atom is -0.494 e. The highest BCUT2D eigenvalue weighted by atomic mass is 79.9. The fourth-order valence-electron chi connectivity index (χ4n) is 3.01. The van der Waals surface area contributed by atoms with Crippen LogP contribution in [0.5, 0.6) is 5.75 Å². The largest absolute Gasteiger partial charge is 0.494 e. The van der Waals surface area contributed by atoms with Crippen LogP contribution in [0.25, 0.3) is 0 Å². The molecule has 0 aliphatic heterocycles. The Balaban J connectivity index is 2.59. The number of halogens is 11. The van der Waals surface area contributed by atoms with E-state index in [1.165, 1.54) is 25.1 Å². The third-order valence-corrected chi connectivity index (χ3v) is 5.56. The number of rotatable bonds is 6. The van der Waals surface area contributed by atoms with E-state index in [-0.39, 0.29) is 29.1 Å². The zero-order valence-electron chi connectivity index (χ0n) is 17.8. The van der Waals surface area contributed by atoms with Crippen LogP contribution in [0, 0.1) is 0 Å². The number of alkyl halides is 9. The summed E-state index contributed by atoms with van der Waals surface area (Å²) in [5, 5.41) is 3.49. The number of methoxy groups -OCH3 is 1. The molecule has 0 saturated carbocycles. The van der Waals surface area contributed by atoms with E-state index in [9.17, 15) is 49.1 Å². The Kier molecular flexibility index (Phi) is 8.20. The summed E-state index contributed by atoms with van der Waals surface area (Å²) in [7, 11) is 1.15. The van der Waals surface area contributed by atoms with Crippen LogP contribution in [0.15, 0.2) is 34.8 Å². The zero-order chi connectivity index (χ0) is 27.9. The topological polar surface area (TPSA) is 67.4 Å². The third-order valence-electron chi connectivity index (χ3n) is 4.63. The van der Waals surface area contributed by atoms with Gasteiger partial charge in [0.1, 0.15) is 0 Å². The van der Waals surface area contributed by atoms with E-state index in [0.717, 1.165) is 7.11 Å². The Morgan fingerprint density at radius 2 is 1.53 bits per heavy atom. The van der Waals surface area contributed by atoms with E-state index in [4.69, 9.17) is 16.3 Å². The first-order valence-corrected chi connectivity index (χ1v) is 10.4. The Labute approximate surface area is 210 Å². The highest BCUT2D eigenvalue weighted by molar-refractivity contribution is 9.10. The van der Waals surface area contributed by atoms with Crippen LogP contribution in [0.3, 0.4) is 0 Å². The number of nitrogens with one attached hydrogen (secondary N) is 2. The molecular formula is C20H13BrClF9N2O3. The number of hydrogen-bond acceptors (Lipinski definition) is 3. The maximum absolute atomic E-state index is 14.8. The number of carbonyl (C=O) groups excluding carboxylic acids is 2. The average molecular weight is 616 g/mol. The Morgan fingerprint density at radius 1 is 0.944 bits per heavy atom. The molecule has 5 nitrogen and oxygen atoms in total. The molecule has 198 valence electrons. The van der Waals surface area contributed by atoms with Crippen molar-refractivity contribution < 1.29 is 53.8 Å². The fraction of sp³-hybridized carbons (Fsp3) is 0.300. The van der Waals surface area contributed by atoms with Gasteiger partial charge in [-0.25, -0.2) is 4.39 Å². The zero-order valence-corrected chi connectivity index (χ0v) is 20.1. The van der Waals surface area contributed by atoms with Gasteiger partial charge in [0, 0.05) is 17.0 Å². The van der Waals surface area contributed by atoms with Crippen LogP contribution in [-0.2, 0) is 10.5 Å². The molecule has 16 heteroatoms. The number of amides is 2. The molecule has 1 atom stereocenters. The predicted molar refractivity (Wildman–Crippen MR) is 114 cm³/mol. The van der Waals surface area contributed by atoms with E-state index in [2.05, 4.69) is 26.6 Å². The number of anilines is 2. The molecule has 0 fully saturated rings. The molecule has 0 radical (unpaired) electrons. The van der Waals surface area contributed by atoms with Crippen molar-refractivity contribution in [3.8, 4) is 5.75 Å². The fourth-order valence-corrected chi connectivity index (χ4v) is 3.95. The molecule has 0 aromatic heterocycles. The summed E-state index contributed by atoms with van der Waals surface area (Å²) in [5.41, 5.74) is -9.16. The van der Waals surface area contributed by atoms with Crippen LogP contribution >= 0.6 is 27.5 Å². The van der Waals surface area contributed by atoms with Gasteiger partial charge < -0.3 is 15.4 Å². The normalized spacial score (nSPS) is 14.1. The van der Waals surface area contributed by atoms with Crippen molar-refractivity contribution in [2.24, 2.45) is 0 Å². The van der Waals surface area contributed by atoms with Crippen LogP contribution in [-0.4, -0.2) is 37.2 Å². The minimum atomic E-state index is -6.92. The van der Waals surface area contributed by atoms with E-state index in [1.54, 1.807) is 0 Å². The van der Waals surface area contributed by atoms with Crippen LogP contribution < -0.4 is 15.4 Å². The van der Waals surface area contributed by atoms with Gasteiger partial charge in [-0.3, -0.25) is 9.59 Å². The van der Waals surface area contributed by atoms with Crippen LogP contribution in [0.1, 0.15) is 22.8 Å². The second kappa shape index (κ2) is 10.00. The van der Waals surface area contributed by atoms with Gasteiger partial charge in [-0.2, -0.15) is 35.1 Å². The third kappa shape index (κ3) is 5.21. The standard InChI is InChI=1S/C20H13BrClF9N2O3/c1-8(34)32-13-5-3-4-10(15(13)36-2)16(35)33-14-11(21)6-9(7-12(14)22)17(23,19(26,27)28)18(24,25)20(29,30)31/h3-7H,1-2H3,(H,32,34)(H,33,35). The van der Waals surface area contributed by atoms with Gasteiger partial charge in [0.05, 0.1) is 29.1 Å². The highest BCUT2D eigenvalue weighted by Gasteiger charge is 2.81. The van der Waals surface area contributed by atoms with Gasteiger partial charge in [0.25, 0.3) is 5.91 Å². The van der Waals surface area contributed by atoms with Gasteiger partial charge in [-0.15, -0.1) is 0 Å². The van der Waals surface area contributed by atoms with Crippen LogP contribution in [0.2, 0.25) is 5.02 Å². The summed E-state index contributed by atoms with van der Waals surface area (Å²) >= 11 is 8.38. The maximum Gasteiger partial charge on any atom is 0.457 e. The quantitative estimate of drug-likeness (QED) is 0.337. The number of hydrogen-bond donors (Lipinski definition) is 2. The van der Waals surface area contributed by atoms with Gasteiger partial charge >= 0.3 is 23.9 Å². The molecule has 2 rings (SSSR count). The molecule has 0 heterocycles. The highest BCUT2D eigenvalue weighted by Crippen LogP contribution is 2.59. The summed E-state index contributed by atoms with van der Waals surface area (Å²) in [5.74, 6) is -8.62. The lowest BCUT2D eigenvalue weighted by atomic mass is 9.87. The molecule has 0 bridgehead atoms. The summed E-state index contributed by atoms with van der Waals surface area (Å²) < 4.78 is 125. The lowest BCUT2D eigenvalue weighted by Crippen LogP contribution is -2.59.